The molecule has 5 atom stereocenters. The van der Waals surface area contributed by atoms with E-state index in [2.05, 4.69) is 0 Å². The van der Waals surface area contributed by atoms with Gasteiger partial charge < -0.3 is 35.0 Å². The fraction of sp³-hybridized carbons (Fsp3) is 0.350. The summed E-state index contributed by atoms with van der Waals surface area (Å²) in [6, 6.07) is 11.2. The number of carbonyl (C=O) groups is 1. The average molecular weight is 390 g/mol. The fourth-order valence-corrected chi connectivity index (χ4v) is 3.53. The molecule has 0 aromatic heterocycles. The fourth-order valence-electron chi connectivity index (χ4n) is 3.53. The highest BCUT2D eigenvalue weighted by Gasteiger charge is 2.65. The van der Waals surface area contributed by atoms with Gasteiger partial charge in [-0.3, -0.25) is 4.79 Å². The van der Waals surface area contributed by atoms with Crippen molar-refractivity contribution in [3.63, 3.8) is 0 Å². The summed E-state index contributed by atoms with van der Waals surface area (Å²) >= 11 is 0. The summed E-state index contributed by atoms with van der Waals surface area (Å²) in [5.41, 5.74) is -5.22. The lowest BCUT2D eigenvalue weighted by molar-refractivity contribution is -0.251. The predicted molar refractivity (Wildman–Crippen MR) is 96.8 cm³/mol. The third-order valence-corrected chi connectivity index (χ3v) is 5.30. The van der Waals surface area contributed by atoms with E-state index in [1.165, 1.54) is 62.8 Å². The van der Waals surface area contributed by atoms with Crippen molar-refractivity contribution in [2.24, 2.45) is 0 Å². The Kier molecular flexibility index (Phi) is 5.18. The molecule has 5 N–H and O–H groups in total. The molecule has 8 heteroatoms. The van der Waals surface area contributed by atoms with Gasteiger partial charge in [0.25, 0.3) is 0 Å². The van der Waals surface area contributed by atoms with Gasteiger partial charge >= 0.3 is 0 Å². The Balaban J connectivity index is 2.05. The first-order chi connectivity index (χ1) is 13.2. The molecule has 0 bridgehead atoms. The second-order valence-electron chi connectivity index (χ2n) is 6.71. The number of carbonyl (C=O) groups excluding carboxylic acids is 1. The third-order valence-electron chi connectivity index (χ3n) is 5.30. The number of rotatable bonds is 4. The first kappa shape index (κ1) is 20.2. The van der Waals surface area contributed by atoms with Crippen molar-refractivity contribution in [1.82, 2.24) is 0 Å². The van der Waals surface area contributed by atoms with Gasteiger partial charge in [-0.2, -0.15) is 0 Å². The molecular formula is C20H22O8. The molecule has 8 nitrogen and oxygen atoms in total. The number of ether oxygens (including phenoxy) is 2. The summed E-state index contributed by atoms with van der Waals surface area (Å²) in [7, 11) is 2.88. The minimum absolute atomic E-state index is 0.0162. The topological polar surface area (TPSA) is 137 Å². The summed E-state index contributed by atoms with van der Waals surface area (Å²) in [5.74, 6) is -0.344. The minimum atomic E-state index is -2.62. The number of benzene rings is 2. The van der Waals surface area contributed by atoms with Crippen LogP contribution < -0.4 is 9.47 Å². The Hall–Kier alpha value is -2.49. The van der Waals surface area contributed by atoms with Gasteiger partial charge in [-0.1, -0.05) is 24.3 Å². The van der Waals surface area contributed by atoms with E-state index in [1.807, 2.05) is 0 Å². The van der Waals surface area contributed by atoms with Crippen molar-refractivity contribution >= 4 is 5.78 Å². The highest BCUT2D eigenvalue weighted by Crippen LogP contribution is 2.44. The zero-order chi connectivity index (χ0) is 20.7. The molecule has 1 aliphatic carbocycles. The van der Waals surface area contributed by atoms with Crippen molar-refractivity contribution in [3.8, 4) is 11.5 Å². The van der Waals surface area contributed by atoms with Crippen molar-refractivity contribution < 1.29 is 39.8 Å². The molecule has 2 aromatic rings. The van der Waals surface area contributed by atoms with Crippen LogP contribution in [0.2, 0.25) is 0 Å². The van der Waals surface area contributed by atoms with Crippen LogP contribution in [0.25, 0.3) is 0 Å². The zero-order valence-corrected chi connectivity index (χ0v) is 15.3. The SMILES string of the molecule is COc1ccc(C2(O)C(=O)C(O)C(O)(c3ccc(OC)cc3)C(O)C2O)cc1. The van der Waals surface area contributed by atoms with E-state index in [-0.39, 0.29) is 11.1 Å². The normalized spacial score (nSPS) is 32.8. The number of hydrogen-bond donors (Lipinski definition) is 5. The molecule has 2 aromatic carbocycles. The molecule has 0 radical (unpaired) electrons. The van der Waals surface area contributed by atoms with Crippen LogP contribution in [0, 0.1) is 0 Å². The Morgan fingerprint density at radius 3 is 1.61 bits per heavy atom. The summed E-state index contributed by atoms with van der Waals surface area (Å²) in [5, 5.41) is 53.8. The molecule has 0 saturated heterocycles. The minimum Gasteiger partial charge on any atom is -0.497 e. The number of methoxy groups -OCH3 is 2. The summed E-state index contributed by atoms with van der Waals surface area (Å²) < 4.78 is 10.0. The number of hydrogen-bond acceptors (Lipinski definition) is 8. The largest absolute Gasteiger partial charge is 0.497 e. The van der Waals surface area contributed by atoms with Gasteiger partial charge in [-0.25, -0.2) is 0 Å². The lowest BCUT2D eigenvalue weighted by Gasteiger charge is -2.49. The van der Waals surface area contributed by atoms with Crippen LogP contribution in [0.1, 0.15) is 11.1 Å². The third kappa shape index (κ3) is 2.78. The standard InChI is InChI=1S/C20H22O8/c1-27-13-7-3-11(4-8-13)19(25)15(21)17(23)20(26,18(24)16(19)22)12-5-9-14(28-2)10-6-12/h3-10,15-17,21-23,25-26H,1-2H3. The van der Waals surface area contributed by atoms with Gasteiger partial charge in [-0.05, 0) is 35.4 Å². The molecule has 0 amide bonds. The van der Waals surface area contributed by atoms with Crippen LogP contribution in [0.5, 0.6) is 11.5 Å². The van der Waals surface area contributed by atoms with Gasteiger partial charge in [-0.15, -0.1) is 0 Å². The lowest BCUT2D eigenvalue weighted by atomic mass is 9.64. The first-order valence-electron chi connectivity index (χ1n) is 8.53. The molecule has 0 aliphatic heterocycles. The van der Waals surface area contributed by atoms with E-state index in [4.69, 9.17) is 9.47 Å². The quantitative estimate of drug-likeness (QED) is 0.469. The maximum absolute atomic E-state index is 12.9. The van der Waals surface area contributed by atoms with Crippen LogP contribution in [0.3, 0.4) is 0 Å². The van der Waals surface area contributed by atoms with E-state index >= 15 is 0 Å². The van der Waals surface area contributed by atoms with E-state index in [0.717, 1.165) is 0 Å². The monoisotopic (exact) mass is 390 g/mol. The second kappa shape index (κ2) is 7.16. The van der Waals surface area contributed by atoms with E-state index < -0.39 is 35.3 Å². The van der Waals surface area contributed by atoms with Crippen LogP contribution in [0.4, 0.5) is 0 Å². The smallest absolute Gasteiger partial charge is 0.203 e. The molecule has 1 saturated carbocycles. The summed E-state index contributed by atoms with van der Waals surface area (Å²) in [4.78, 5) is 12.9. The average Bonchev–Trinajstić information content (AvgIpc) is 2.75. The highest BCUT2D eigenvalue weighted by atomic mass is 16.5. The van der Waals surface area contributed by atoms with E-state index in [1.54, 1.807) is 0 Å². The van der Waals surface area contributed by atoms with Gasteiger partial charge in [0.05, 0.1) is 14.2 Å². The Bertz CT molecular complexity index is 850. The first-order valence-corrected chi connectivity index (χ1v) is 8.53. The molecule has 1 aliphatic rings. The molecule has 3 rings (SSSR count). The molecule has 1 fully saturated rings. The van der Waals surface area contributed by atoms with Gasteiger partial charge in [0.15, 0.2) is 17.3 Å². The molecule has 0 spiro atoms. The summed E-state index contributed by atoms with van der Waals surface area (Å²) in [6.07, 6.45) is -6.38. The van der Waals surface area contributed by atoms with Gasteiger partial charge in [0, 0.05) is 0 Å². The van der Waals surface area contributed by atoms with Gasteiger partial charge in [0.1, 0.15) is 23.7 Å². The number of ketones is 1. The number of aliphatic hydroxyl groups excluding tert-OH is 3. The van der Waals surface area contributed by atoms with E-state index in [9.17, 15) is 30.3 Å². The number of aliphatic hydroxyl groups is 5. The highest BCUT2D eigenvalue weighted by molar-refractivity contribution is 5.95. The number of Topliss-reactive ketones (excluding diaryl/α,β-unsaturated/α-hetero) is 1. The predicted octanol–water partition coefficient (Wildman–Crippen LogP) is -0.555. The molecule has 0 heterocycles. The molecule has 28 heavy (non-hydrogen) atoms. The van der Waals surface area contributed by atoms with Crippen molar-refractivity contribution in [2.75, 3.05) is 14.2 Å². The maximum Gasteiger partial charge on any atom is 0.203 e. The van der Waals surface area contributed by atoms with E-state index in [0.29, 0.717) is 11.5 Å². The van der Waals surface area contributed by atoms with Crippen molar-refractivity contribution in [3.05, 3.63) is 59.7 Å². The van der Waals surface area contributed by atoms with Crippen LogP contribution in [0.15, 0.2) is 48.5 Å². The van der Waals surface area contributed by atoms with Crippen molar-refractivity contribution in [2.45, 2.75) is 29.5 Å². The molecule has 5 unspecified atom stereocenters. The summed E-state index contributed by atoms with van der Waals surface area (Å²) in [6.45, 7) is 0. The van der Waals surface area contributed by atoms with Crippen LogP contribution in [-0.2, 0) is 16.0 Å². The van der Waals surface area contributed by atoms with Gasteiger partial charge in [0.2, 0.25) is 5.78 Å². The second-order valence-corrected chi connectivity index (χ2v) is 6.71. The Morgan fingerprint density at radius 2 is 1.18 bits per heavy atom. The molecular weight excluding hydrogens is 368 g/mol. The van der Waals surface area contributed by atoms with Crippen LogP contribution >= 0.6 is 0 Å². The molecule has 150 valence electrons. The van der Waals surface area contributed by atoms with Crippen LogP contribution in [-0.4, -0.2) is 63.8 Å². The Labute approximate surface area is 161 Å². The zero-order valence-electron chi connectivity index (χ0n) is 15.3. The Morgan fingerprint density at radius 1 is 0.750 bits per heavy atom. The lowest BCUT2D eigenvalue weighted by Crippen LogP contribution is -2.71. The van der Waals surface area contributed by atoms with Crippen molar-refractivity contribution in [1.29, 1.82) is 0 Å². The maximum atomic E-state index is 12.9.